The fourth-order valence-corrected chi connectivity index (χ4v) is 1.92. The molecule has 0 aromatic rings. The highest BCUT2D eigenvalue weighted by Gasteiger charge is 2.42. The highest BCUT2D eigenvalue weighted by Crippen LogP contribution is 2.40. The van der Waals surface area contributed by atoms with Gasteiger partial charge in [0.1, 0.15) is 12.0 Å². The van der Waals surface area contributed by atoms with Gasteiger partial charge in [-0.15, -0.1) is 0 Å². The number of halogens is 1. The van der Waals surface area contributed by atoms with Crippen LogP contribution < -0.4 is 0 Å². The number of aliphatic hydroxyl groups is 1. The lowest BCUT2D eigenvalue weighted by atomic mass is 10.2. The molecular weight excluding hydrogens is 216 g/mol. The summed E-state index contributed by atoms with van der Waals surface area (Å²) in [4.78, 5) is 4.33. The maximum atomic E-state index is 12.3. The number of aliphatic imine (C=N–C) groups is 1. The Kier molecular flexibility index (Phi) is 4.07. The summed E-state index contributed by atoms with van der Waals surface area (Å²) in [6.07, 6.45) is 1.30. The summed E-state index contributed by atoms with van der Waals surface area (Å²) in [6, 6.07) is 0. The molecule has 1 unspecified atom stereocenters. The van der Waals surface area contributed by atoms with Crippen LogP contribution in [0.3, 0.4) is 0 Å². The minimum atomic E-state index is -0.448. The zero-order chi connectivity index (χ0) is 11.5. The molecular formula is C10H19FNO2P. The second-order valence-electron chi connectivity index (χ2n) is 4.82. The molecule has 5 heteroatoms. The highest BCUT2D eigenvalue weighted by atomic mass is 31.1. The van der Waals surface area contributed by atoms with Gasteiger partial charge < -0.3 is 9.84 Å². The molecule has 0 bridgehead atoms. The van der Waals surface area contributed by atoms with Crippen molar-refractivity contribution in [3.05, 3.63) is 0 Å². The van der Waals surface area contributed by atoms with Crippen molar-refractivity contribution in [3.8, 4) is 0 Å². The second-order valence-corrected chi connectivity index (χ2v) is 5.87. The first-order valence-electron chi connectivity index (χ1n) is 5.10. The first-order chi connectivity index (χ1) is 6.91. The molecule has 0 saturated heterocycles. The molecule has 1 fully saturated rings. The van der Waals surface area contributed by atoms with E-state index in [1.165, 1.54) is 0 Å². The van der Waals surface area contributed by atoms with Crippen molar-refractivity contribution in [2.45, 2.75) is 44.8 Å². The first-order valence-corrected chi connectivity index (χ1v) is 6.31. The predicted molar refractivity (Wildman–Crippen MR) is 61.6 cm³/mol. The Bertz CT molecular complexity index is 246. The Balaban J connectivity index is 2.65. The quantitative estimate of drug-likeness (QED) is 0.461. The van der Waals surface area contributed by atoms with E-state index in [1.54, 1.807) is 0 Å². The Morgan fingerprint density at radius 1 is 1.53 bits per heavy atom. The van der Waals surface area contributed by atoms with E-state index in [0.29, 0.717) is 5.64 Å². The third-order valence-corrected chi connectivity index (χ3v) is 2.73. The van der Waals surface area contributed by atoms with Gasteiger partial charge >= 0.3 is 0 Å². The SMILES string of the molecule is CC(C)(C)OC(=NC1(CO)CC1)PCF. The van der Waals surface area contributed by atoms with E-state index in [-0.39, 0.29) is 26.3 Å². The van der Waals surface area contributed by atoms with Crippen molar-refractivity contribution >= 4 is 14.2 Å². The summed E-state index contributed by atoms with van der Waals surface area (Å²) in [5.41, 5.74) is -0.258. The molecule has 1 N–H and O–H groups in total. The Hall–Kier alpha value is -0.210. The highest BCUT2D eigenvalue weighted by molar-refractivity contribution is 7.57. The molecule has 15 heavy (non-hydrogen) atoms. The topological polar surface area (TPSA) is 41.8 Å². The standard InChI is InChI=1S/C10H19FNO2P/c1-9(2,3)14-8(15-7-11)12-10(6-13)4-5-10/h13,15H,4-7H2,1-3H3. The van der Waals surface area contributed by atoms with E-state index in [9.17, 15) is 4.39 Å². The van der Waals surface area contributed by atoms with Crippen LogP contribution in [0.1, 0.15) is 33.6 Å². The van der Waals surface area contributed by atoms with Crippen molar-refractivity contribution in [3.63, 3.8) is 0 Å². The van der Waals surface area contributed by atoms with Crippen molar-refractivity contribution in [2.24, 2.45) is 4.99 Å². The van der Waals surface area contributed by atoms with E-state index < -0.39 is 6.42 Å². The van der Waals surface area contributed by atoms with Gasteiger partial charge in [-0.3, -0.25) is 0 Å². The summed E-state index contributed by atoms with van der Waals surface area (Å²) < 4.78 is 17.9. The number of rotatable bonds is 4. The lowest BCUT2D eigenvalue weighted by Gasteiger charge is -2.23. The van der Waals surface area contributed by atoms with Gasteiger partial charge in [0.15, 0.2) is 0 Å². The molecule has 1 rings (SSSR count). The number of aliphatic hydroxyl groups excluding tert-OH is 1. The minimum absolute atomic E-state index is 0.0285. The van der Waals surface area contributed by atoms with E-state index >= 15 is 0 Å². The van der Waals surface area contributed by atoms with Crippen LogP contribution >= 0.6 is 8.58 Å². The normalized spacial score (nSPS) is 21.0. The second kappa shape index (κ2) is 4.75. The molecule has 0 spiro atoms. The molecule has 88 valence electrons. The summed E-state index contributed by atoms with van der Waals surface area (Å²) in [5.74, 6) is 0. The lowest BCUT2D eigenvalue weighted by Crippen LogP contribution is -2.24. The zero-order valence-electron chi connectivity index (χ0n) is 9.51. The molecule has 0 radical (unpaired) electrons. The van der Waals surface area contributed by atoms with Gasteiger partial charge in [0.25, 0.3) is 0 Å². The lowest BCUT2D eigenvalue weighted by molar-refractivity contribution is 0.120. The molecule has 0 aliphatic heterocycles. The van der Waals surface area contributed by atoms with Crippen LogP contribution in [0.5, 0.6) is 0 Å². The van der Waals surface area contributed by atoms with Gasteiger partial charge in [-0.2, -0.15) is 0 Å². The Morgan fingerprint density at radius 2 is 2.13 bits per heavy atom. The van der Waals surface area contributed by atoms with E-state index in [1.807, 2.05) is 20.8 Å². The van der Waals surface area contributed by atoms with Crippen molar-refractivity contribution < 1.29 is 14.2 Å². The van der Waals surface area contributed by atoms with E-state index in [4.69, 9.17) is 9.84 Å². The molecule has 0 aromatic carbocycles. The average Bonchev–Trinajstić information content (AvgIpc) is 2.83. The largest absolute Gasteiger partial charge is 0.472 e. The number of nitrogens with zero attached hydrogens (tertiary/aromatic N) is 1. The molecule has 1 saturated carbocycles. The third-order valence-electron chi connectivity index (χ3n) is 2.08. The van der Waals surface area contributed by atoms with Crippen LogP contribution in [-0.2, 0) is 4.74 Å². The predicted octanol–water partition coefficient (Wildman–Crippen LogP) is 2.29. The molecule has 0 heterocycles. The Labute approximate surface area is 91.9 Å². The fourth-order valence-electron chi connectivity index (χ4n) is 1.11. The van der Waals surface area contributed by atoms with Crippen LogP contribution in [0, 0.1) is 0 Å². The first kappa shape index (κ1) is 12.9. The van der Waals surface area contributed by atoms with E-state index in [2.05, 4.69) is 4.99 Å². The van der Waals surface area contributed by atoms with Gasteiger partial charge in [0.05, 0.1) is 12.1 Å². The molecule has 3 nitrogen and oxygen atoms in total. The van der Waals surface area contributed by atoms with Crippen LogP contribution in [0.4, 0.5) is 4.39 Å². The molecule has 1 aliphatic rings. The fraction of sp³-hybridized carbons (Fsp3) is 0.900. The summed E-state index contributed by atoms with van der Waals surface area (Å²) in [6.45, 7) is 5.75. The van der Waals surface area contributed by atoms with Gasteiger partial charge in [0.2, 0.25) is 5.64 Å². The number of ether oxygens (including phenoxy) is 1. The minimum Gasteiger partial charge on any atom is -0.472 e. The Morgan fingerprint density at radius 3 is 2.47 bits per heavy atom. The van der Waals surface area contributed by atoms with Crippen LogP contribution in [0.15, 0.2) is 4.99 Å². The van der Waals surface area contributed by atoms with Gasteiger partial charge in [-0.25, -0.2) is 9.38 Å². The monoisotopic (exact) mass is 235 g/mol. The average molecular weight is 235 g/mol. The molecule has 0 aromatic heterocycles. The molecule has 0 amide bonds. The van der Waals surface area contributed by atoms with Gasteiger partial charge in [0, 0.05) is 8.58 Å². The number of alkyl halides is 1. The number of hydrogen-bond donors (Lipinski definition) is 1. The van der Waals surface area contributed by atoms with Crippen molar-refractivity contribution in [1.82, 2.24) is 0 Å². The zero-order valence-corrected chi connectivity index (χ0v) is 10.5. The summed E-state index contributed by atoms with van der Waals surface area (Å²) >= 11 is 0. The van der Waals surface area contributed by atoms with Crippen LogP contribution in [0.2, 0.25) is 0 Å². The molecule has 1 atom stereocenters. The number of hydrogen-bond acceptors (Lipinski definition) is 3. The van der Waals surface area contributed by atoms with E-state index in [0.717, 1.165) is 12.8 Å². The summed E-state index contributed by atoms with van der Waals surface area (Å²) in [5, 5.41) is 9.12. The van der Waals surface area contributed by atoms with Crippen LogP contribution in [-0.4, -0.2) is 34.9 Å². The maximum Gasteiger partial charge on any atom is 0.206 e. The maximum absolute atomic E-state index is 12.3. The smallest absolute Gasteiger partial charge is 0.206 e. The third kappa shape index (κ3) is 4.43. The van der Waals surface area contributed by atoms with Crippen molar-refractivity contribution in [2.75, 3.05) is 13.0 Å². The van der Waals surface area contributed by atoms with Gasteiger partial charge in [-0.05, 0) is 33.6 Å². The van der Waals surface area contributed by atoms with Crippen molar-refractivity contribution in [1.29, 1.82) is 0 Å². The van der Waals surface area contributed by atoms with Crippen LogP contribution in [0.25, 0.3) is 0 Å². The van der Waals surface area contributed by atoms with Gasteiger partial charge in [-0.1, -0.05) is 0 Å². The summed E-state index contributed by atoms with van der Waals surface area (Å²) in [7, 11) is -0.0539. The molecule has 1 aliphatic carbocycles.